The van der Waals surface area contributed by atoms with Crippen molar-refractivity contribution in [3.8, 4) is 11.5 Å². The van der Waals surface area contributed by atoms with Crippen LogP contribution >= 0.6 is 15.9 Å². The van der Waals surface area contributed by atoms with Crippen molar-refractivity contribution in [3.05, 3.63) is 22.2 Å². The largest absolute Gasteiger partial charge is 0.486 e. The Kier molecular flexibility index (Phi) is 4.85. The number of carbonyl (C=O) groups excluding carboxylic acids is 1. The maximum atomic E-state index is 12.1. The molecule has 120 valence electrons. The lowest BCUT2D eigenvalue weighted by Gasteiger charge is -2.20. The first kappa shape index (κ1) is 15.6. The minimum absolute atomic E-state index is 0.000752. The smallest absolute Gasteiger partial charge is 0.249 e. The maximum absolute atomic E-state index is 12.1. The topological polar surface area (TPSA) is 82.8 Å². The Bertz CT molecular complexity index is 567. The van der Waals surface area contributed by atoms with Gasteiger partial charge in [-0.05, 0) is 46.5 Å². The van der Waals surface area contributed by atoms with Gasteiger partial charge in [0.25, 0.3) is 0 Å². The van der Waals surface area contributed by atoms with Gasteiger partial charge in [0.2, 0.25) is 5.91 Å². The Labute approximate surface area is 137 Å². The molecule has 2 heterocycles. The number of hydrogen-bond acceptors (Lipinski definition) is 5. The van der Waals surface area contributed by atoms with E-state index in [9.17, 15) is 4.79 Å². The van der Waals surface area contributed by atoms with Gasteiger partial charge in [0.05, 0.1) is 10.6 Å². The number of fused-ring (bicyclic) bond motifs is 1. The summed E-state index contributed by atoms with van der Waals surface area (Å²) in [6, 6.07) is 3.81. The second-order valence-corrected chi connectivity index (χ2v) is 6.23. The first-order chi connectivity index (χ1) is 10.7. The zero-order valence-corrected chi connectivity index (χ0v) is 13.7. The minimum Gasteiger partial charge on any atom is -0.486 e. The highest BCUT2D eigenvalue weighted by molar-refractivity contribution is 9.10. The molecule has 0 aliphatic carbocycles. The Balaban J connectivity index is 1.60. The fourth-order valence-corrected chi connectivity index (χ4v) is 3.25. The number of carbonyl (C=O) groups is 1. The zero-order valence-electron chi connectivity index (χ0n) is 12.1. The molecule has 0 saturated carbocycles. The van der Waals surface area contributed by atoms with E-state index in [0.29, 0.717) is 37.8 Å². The van der Waals surface area contributed by atoms with Crippen molar-refractivity contribution in [2.45, 2.75) is 31.6 Å². The fraction of sp³-hybridized carbons (Fsp3) is 0.533. The van der Waals surface area contributed by atoms with Crippen molar-refractivity contribution in [1.82, 2.24) is 5.32 Å². The normalized spacial score (nSPS) is 23.4. The van der Waals surface area contributed by atoms with Crippen LogP contribution in [-0.2, 0) is 16.1 Å². The van der Waals surface area contributed by atoms with E-state index in [1.165, 1.54) is 0 Å². The number of amides is 1. The van der Waals surface area contributed by atoms with Crippen LogP contribution in [0.3, 0.4) is 0 Å². The molecular weight excluding hydrogens is 352 g/mol. The van der Waals surface area contributed by atoms with E-state index in [2.05, 4.69) is 21.2 Å². The molecule has 2 aliphatic heterocycles. The number of benzene rings is 1. The van der Waals surface area contributed by atoms with Crippen LogP contribution in [0.15, 0.2) is 16.6 Å². The summed E-state index contributed by atoms with van der Waals surface area (Å²) in [4.78, 5) is 12.1. The zero-order chi connectivity index (χ0) is 15.5. The molecule has 2 aliphatic rings. The molecule has 1 aromatic carbocycles. The summed E-state index contributed by atoms with van der Waals surface area (Å²) < 4.78 is 17.5. The van der Waals surface area contributed by atoms with Crippen molar-refractivity contribution < 1.29 is 19.0 Å². The standard InChI is InChI=1S/C15H19BrN2O4/c16-11-5-9(6-13-14(11)21-4-3-20-13)8-18-15(19)12-2-1-10(7-17)22-12/h5-6,10,12H,1-4,7-8,17H2,(H,18,19)/t10-,12+/m1/s1. The third-order valence-electron chi connectivity index (χ3n) is 3.79. The van der Waals surface area contributed by atoms with Crippen LogP contribution in [0, 0.1) is 0 Å². The molecule has 22 heavy (non-hydrogen) atoms. The van der Waals surface area contributed by atoms with Crippen LogP contribution in [0.1, 0.15) is 18.4 Å². The second kappa shape index (κ2) is 6.85. The third-order valence-corrected chi connectivity index (χ3v) is 4.38. The molecule has 0 bridgehead atoms. The van der Waals surface area contributed by atoms with Crippen LogP contribution in [0.25, 0.3) is 0 Å². The number of hydrogen-bond donors (Lipinski definition) is 2. The van der Waals surface area contributed by atoms with Gasteiger partial charge in [0.1, 0.15) is 19.3 Å². The van der Waals surface area contributed by atoms with E-state index in [-0.39, 0.29) is 12.0 Å². The molecule has 6 nitrogen and oxygen atoms in total. The van der Waals surface area contributed by atoms with Crippen molar-refractivity contribution in [2.24, 2.45) is 5.73 Å². The summed E-state index contributed by atoms with van der Waals surface area (Å²) in [6.07, 6.45) is 1.16. The van der Waals surface area contributed by atoms with E-state index in [1.54, 1.807) is 0 Å². The van der Waals surface area contributed by atoms with Crippen molar-refractivity contribution >= 4 is 21.8 Å². The van der Waals surface area contributed by atoms with Crippen LogP contribution in [0.4, 0.5) is 0 Å². The summed E-state index contributed by atoms with van der Waals surface area (Å²) in [7, 11) is 0. The first-order valence-corrected chi connectivity index (χ1v) is 8.18. The molecule has 0 aromatic heterocycles. The lowest BCUT2D eigenvalue weighted by Crippen LogP contribution is -2.35. The Hall–Kier alpha value is -1.31. The van der Waals surface area contributed by atoms with Gasteiger partial charge in [-0.15, -0.1) is 0 Å². The van der Waals surface area contributed by atoms with Gasteiger partial charge in [-0.2, -0.15) is 0 Å². The number of ether oxygens (including phenoxy) is 3. The number of nitrogens with one attached hydrogen (secondary N) is 1. The molecule has 1 saturated heterocycles. The van der Waals surface area contributed by atoms with E-state index in [4.69, 9.17) is 19.9 Å². The summed E-state index contributed by atoms with van der Waals surface area (Å²) in [5.41, 5.74) is 6.50. The Morgan fingerprint density at radius 1 is 1.32 bits per heavy atom. The van der Waals surface area contributed by atoms with Crippen LogP contribution in [0.5, 0.6) is 11.5 Å². The maximum Gasteiger partial charge on any atom is 0.249 e. The van der Waals surface area contributed by atoms with Gasteiger partial charge in [-0.25, -0.2) is 0 Å². The molecule has 7 heteroatoms. The molecule has 0 radical (unpaired) electrons. The molecule has 1 fully saturated rings. The van der Waals surface area contributed by atoms with Gasteiger partial charge >= 0.3 is 0 Å². The van der Waals surface area contributed by atoms with E-state index in [0.717, 1.165) is 22.9 Å². The molecule has 2 atom stereocenters. The highest BCUT2D eigenvalue weighted by Gasteiger charge is 2.29. The fourth-order valence-electron chi connectivity index (χ4n) is 2.64. The van der Waals surface area contributed by atoms with Gasteiger partial charge in [-0.3, -0.25) is 4.79 Å². The summed E-state index contributed by atoms with van der Waals surface area (Å²) in [5.74, 6) is 1.32. The summed E-state index contributed by atoms with van der Waals surface area (Å²) in [5, 5.41) is 2.90. The number of rotatable bonds is 4. The quantitative estimate of drug-likeness (QED) is 0.835. The Morgan fingerprint density at radius 2 is 2.14 bits per heavy atom. The average Bonchev–Trinajstić information content (AvgIpc) is 3.02. The van der Waals surface area contributed by atoms with Crippen LogP contribution < -0.4 is 20.5 Å². The number of halogens is 1. The molecule has 1 aromatic rings. The van der Waals surface area contributed by atoms with Crippen molar-refractivity contribution in [3.63, 3.8) is 0 Å². The first-order valence-electron chi connectivity index (χ1n) is 7.38. The third kappa shape index (κ3) is 3.37. The SMILES string of the molecule is NC[C@H]1CC[C@@H](C(=O)NCc2cc(Br)c3c(c2)OCCO3)O1. The minimum atomic E-state index is -0.394. The van der Waals surface area contributed by atoms with Crippen molar-refractivity contribution in [1.29, 1.82) is 0 Å². The molecule has 0 spiro atoms. The van der Waals surface area contributed by atoms with Gasteiger partial charge in [0, 0.05) is 13.1 Å². The van der Waals surface area contributed by atoms with E-state index >= 15 is 0 Å². The average molecular weight is 371 g/mol. The predicted molar refractivity (Wildman–Crippen MR) is 83.9 cm³/mol. The van der Waals surface area contributed by atoms with Gasteiger partial charge in [0.15, 0.2) is 11.5 Å². The lowest BCUT2D eigenvalue weighted by molar-refractivity contribution is -0.132. The Morgan fingerprint density at radius 3 is 2.91 bits per heavy atom. The van der Waals surface area contributed by atoms with Crippen LogP contribution in [-0.4, -0.2) is 37.9 Å². The van der Waals surface area contributed by atoms with E-state index < -0.39 is 6.10 Å². The highest BCUT2D eigenvalue weighted by atomic mass is 79.9. The van der Waals surface area contributed by atoms with Gasteiger partial charge in [-0.1, -0.05) is 0 Å². The molecular formula is C15H19BrN2O4. The second-order valence-electron chi connectivity index (χ2n) is 5.38. The highest BCUT2D eigenvalue weighted by Crippen LogP contribution is 2.38. The predicted octanol–water partition coefficient (Wildman–Crippen LogP) is 1.34. The summed E-state index contributed by atoms with van der Waals surface area (Å²) in [6.45, 7) is 1.95. The van der Waals surface area contributed by atoms with Gasteiger partial charge < -0.3 is 25.3 Å². The molecule has 0 unspecified atom stereocenters. The molecule has 3 rings (SSSR count). The molecule has 3 N–H and O–H groups in total. The number of nitrogens with two attached hydrogens (primary N) is 1. The molecule has 1 amide bonds. The summed E-state index contributed by atoms with van der Waals surface area (Å²) >= 11 is 3.47. The van der Waals surface area contributed by atoms with Crippen molar-refractivity contribution in [2.75, 3.05) is 19.8 Å². The monoisotopic (exact) mass is 370 g/mol. The van der Waals surface area contributed by atoms with E-state index in [1.807, 2.05) is 12.1 Å². The lowest BCUT2D eigenvalue weighted by atomic mass is 10.1. The van der Waals surface area contributed by atoms with Crippen LogP contribution in [0.2, 0.25) is 0 Å².